The van der Waals surface area contributed by atoms with E-state index in [-0.39, 0.29) is 5.79 Å². The van der Waals surface area contributed by atoms with Crippen LogP contribution in [0, 0.1) is 0 Å². The molecule has 1 aromatic rings. The maximum Gasteiger partial charge on any atom is 0.168 e. The SMILES string of the molecule is CC(Cc1ccco1)NC1CCC2(CC1)OCCO2. The van der Waals surface area contributed by atoms with E-state index < -0.39 is 0 Å². The van der Waals surface area contributed by atoms with E-state index in [0.29, 0.717) is 12.1 Å². The lowest BCUT2D eigenvalue weighted by atomic mass is 9.89. The third-order valence-corrected chi connectivity index (χ3v) is 4.17. The number of hydrogen-bond donors (Lipinski definition) is 1. The summed E-state index contributed by atoms with van der Waals surface area (Å²) in [5, 5.41) is 3.69. The van der Waals surface area contributed by atoms with Gasteiger partial charge in [-0.2, -0.15) is 0 Å². The van der Waals surface area contributed by atoms with Gasteiger partial charge in [-0.1, -0.05) is 0 Å². The maximum atomic E-state index is 5.75. The lowest BCUT2D eigenvalue weighted by molar-refractivity contribution is -0.179. The van der Waals surface area contributed by atoms with E-state index in [2.05, 4.69) is 12.2 Å². The highest BCUT2D eigenvalue weighted by Gasteiger charge is 2.40. The minimum Gasteiger partial charge on any atom is -0.469 e. The minimum absolute atomic E-state index is 0.248. The number of nitrogens with one attached hydrogen (secondary N) is 1. The molecular formula is C15H23NO3. The number of furan rings is 1. The number of rotatable bonds is 4. The molecule has 0 radical (unpaired) electrons. The Labute approximate surface area is 114 Å². The van der Waals surface area contributed by atoms with E-state index in [1.54, 1.807) is 6.26 Å². The molecule has 0 aromatic carbocycles. The number of ether oxygens (including phenoxy) is 2. The van der Waals surface area contributed by atoms with E-state index in [9.17, 15) is 0 Å². The first kappa shape index (κ1) is 13.2. The molecule has 1 saturated heterocycles. The van der Waals surface area contributed by atoms with Crippen LogP contribution in [-0.4, -0.2) is 31.1 Å². The first-order chi connectivity index (χ1) is 9.26. The zero-order valence-corrected chi connectivity index (χ0v) is 11.6. The van der Waals surface area contributed by atoms with Crippen molar-refractivity contribution in [3.05, 3.63) is 24.2 Å². The lowest BCUT2D eigenvalue weighted by Crippen LogP contribution is -2.45. The van der Waals surface area contributed by atoms with Crippen molar-refractivity contribution in [1.82, 2.24) is 5.32 Å². The zero-order chi connectivity index (χ0) is 13.1. The Morgan fingerprint density at radius 3 is 2.68 bits per heavy atom. The molecule has 4 heteroatoms. The summed E-state index contributed by atoms with van der Waals surface area (Å²) in [4.78, 5) is 0. The molecule has 1 saturated carbocycles. The van der Waals surface area contributed by atoms with Gasteiger partial charge in [-0.05, 0) is 31.9 Å². The molecule has 1 aromatic heterocycles. The van der Waals surface area contributed by atoms with Crippen LogP contribution in [0.5, 0.6) is 0 Å². The van der Waals surface area contributed by atoms with Crippen LogP contribution in [0.1, 0.15) is 38.4 Å². The highest BCUT2D eigenvalue weighted by molar-refractivity contribution is 5.00. The smallest absolute Gasteiger partial charge is 0.168 e. The van der Waals surface area contributed by atoms with Crippen molar-refractivity contribution in [2.45, 2.75) is 56.9 Å². The van der Waals surface area contributed by atoms with Crippen LogP contribution in [0.15, 0.2) is 22.8 Å². The van der Waals surface area contributed by atoms with Crippen molar-refractivity contribution in [1.29, 1.82) is 0 Å². The molecule has 4 nitrogen and oxygen atoms in total. The maximum absolute atomic E-state index is 5.75. The summed E-state index contributed by atoms with van der Waals surface area (Å²) in [6.07, 6.45) is 6.96. The highest BCUT2D eigenvalue weighted by atomic mass is 16.7. The summed E-state index contributed by atoms with van der Waals surface area (Å²) in [7, 11) is 0. The van der Waals surface area contributed by atoms with Gasteiger partial charge in [0, 0.05) is 31.3 Å². The van der Waals surface area contributed by atoms with E-state index in [0.717, 1.165) is 51.1 Å². The van der Waals surface area contributed by atoms with E-state index in [1.165, 1.54) is 0 Å². The topological polar surface area (TPSA) is 43.6 Å². The van der Waals surface area contributed by atoms with E-state index >= 15 is 0 Å². The van der Waals surface area contributed by atoms with Crippen LogP contribution < -0.4 is 5.32 Å². The van der Waals surface area contributed by atoms with Crippen molar-refractivity contribution < 1.29 is 13.9 Å². The zero-order valence-electron chi connectivity index (χ0n) is 11.6. The molecule has 1 atom stereocenters. The summed E-state index contributed by atoms with van der Waals surface area (Å²) in [6, 6.07) is 4.99. The molecule has 0 bridgehead atoms. The summed E-state index contributed by atoms with van der Waals surface area (Å²) in [5.41, 5.74) is 0. The molecule has 2 aliphatic rings. The molecule has 1 aliphatic carbocycles. The Balaban J connectivity index is 1.44. The molecule has 2 fully saturated rings. The van der Waals surface area contributed by atoms with Gasteiger partial charge in [-0.15, -0.1) is 0 Å². The molecule has 1 N–H and O–H groups in total. The fraction of sp³-hybridized carbons (Fsp3) is 0.733. The lowest BCUT2D eigenvalue weighted by Gasteiger charge is -2.36. The molecule has 1 unspecified atom stereocenters. The Kier molecular flexibility index (Phi) is 3.91. The largest absolute Gasteiger partial charge is 0.469 e. The minimum atomic E-state index is -0.248. The second kappa shape index (κ2) is 5.65. The molecule has 0 amide bonds. The fourth-order valence-corrected chi connectivity index (χ4v) is 3.20. The molecule has 1 spiro atoms. The Morgan fingerprint density at radius 1 is 1.32 bits per heavy atom. The van der Waals surface area contributed by atoms with Crippen molar-refractivity contribution in [3.63, 3.8) is 0 Å². The molecule has 19 heavy (non-hydrogen) atoms. The predicted octanol–water partition coefficient (Wildman–Crippen LogP) is 2.49. The van der Waals surface area contributed by atoms with Crippen LogP contribution >= 0.6 is 0 Å². The normalized spacial score (nSPS) is 24.9. The number of hydrogen-bond acceptors (Lipinski definition) is 4. The van der Waals surface area contributed by atoms with Crippen molar-refractivity contribution in [2.24, 2.45) is 0 Å². The predicted molar refractivity (Wildman–Crippen MR) is 71.9 cm³/mol. The first-order valence-electron chi connectivity index (χ1n) is 7.32. The average Bonchev–Trinajstić information content (AvgIpc) is 3.05. The Bertz CT molecular complexity index is 374. The average molecular weight is 265 g/mol. The second-order valence-corrected chi connectivity index (χ2v) is 5.73. The van der Waals surface area contributed by atoms with Crippen molar-refractivity contribution in [3.8, 4) is 0 Å². The third kappa shape index (κ3) is 3.19. The molecule has 2 heterocycles. The van der Waals surface area contributed by atoms with Crippen LogP contribution in [0.3, 0.4) is 0 Å². The van der Waals surface area contributed by atoms with Crippen LogP contribution in [-0.2, 0) is 15.9 Å². The van der Waals surface area contributed by atoms with Gasteiger partial charge in [0.1, 0.15) is 5.76 Å². The van der Waals surface area contributed by atoms with Gasteiger partial charge in [-0.25, -0.2) is 0 Å². The van der Waals surface area contributed by atoms with Crippen LogP contribution in [0.4, 0.5) is 0 Å². The van der Waals surface area contributed by atoms with Gasteiger partial charge in [0.25, 0.3) is 0 Å². The third-order valence-electron chi connectivity index (χ3n) is 4.17. The van der Waals surface area contributed by atoms with Crippen LogP contribution in [0.2, 0.25) is 0 Å². The molecule has 3 rings (SSSR count). The van der Waals surface area contributed by atoms with E-state index in [4.69, 9.17) is 13.9 Å². The van der Waals surface area contributed by atoms with Gasteiger partial charge in [0.15, 0.2) is 5.79 Å². The Morgan fingerprint density at radius 2 is 2.05 bits per heavy atom. The molecular weight excluding hydrogens is 242 g/mol. The summed E-state index contributed by atoms with van der Waals surface area (Å²) in [5.74, 6) is 0.803. The van der Waals surface area contributed by atoms with Gasteiger partial charge in [0.2, 0.25) is 0 Å². The van der Waals surface area contributed by atoms with E-state index in [1.807, 2.05) is 12.1 Å². The van der Waals surface area contributed by atoms with Crippen molar-refractivity contribution >= 4 is 0 Å². The molecule has 1 aliphatic heterocycles. The van der Waals surface area contributed by atoms with Gasteiger partial charge >= 0.3 is 0 Å². The standard InChI is InChI=1S/C15H23NO3/c1-12(11-14-3-2-8-17-14)16-13-4-6-15(7-5-13)18-9-10-19-15/h2-3,8,12-13,16H,4-7,9-11H2,1H3. The summed E-state index contributed by atoms with van der Waals surface area (Å²) < 4.78 is 16.9. The van der Waals surface area contributed by atoms with Crippen LogP contribution in [0.25, 0.3) is 0 Å². The first-order valence-corrected chi connectivity index (χ1v) is 7.32. The van der Waals surface area contributed by atoms with Gasteiger partial charge < -0.3 is 19.2 Å². The highest BCUT2D eigenvalue weighted by Crippen LogP contribution is 2.35. The van der Waals surface area contributed by atoms with Crippen molar-refractivity contribution in [2.75, 3.05) is 13.2 Å². The summed E-state index contributed by atoms with van der Waals surface area (Å²) >= 11 is 0. The second-order valence-electron chi connectivity index (χ2n) is 5.73. The molecule has 106 valence electrons. The van der Waals surface area contributed by atoms with Gasteiger partial charge in [-0.3, -0.25) is 0 Å². The quantitative estimate of drug-likeness (QED) is 0.908. The fourth-order valence-electron chi connectivity index (χ4n) is 3.20. The van der Waals surface area contributed by atoms with Gasteiger partial charge in [0.05, 0.1) is 19.5 Å². The monoisotopic (exact) mass is 265 g/mol. The Hall–Kier alpha value is -0.840. The summed E-state index contributed by atoms with van der Waals surface area (Å²) in [6.45, 7) is 3.73.